The molecule has 3 aromatic rings. The molecular weight excluding hydrogens is 248 g/mol. The molecule has 0 fully saturated rings. The lowest BCUT2D eigenvalue weighted by Gasteiger charge is -2.07. The van der Waals surface area contributed by atoms with Crippen LogP contribution in [0.5, 0.6) is 0 Å². The maximum Gasteiger partial charge on any atom is 0.252 e. The summed E-state index contributed by atoms with van der Waals surface area (Å²) in [5.74, 6) is 0. The first-order valence-corrected chi connectivity index (χ1v) is 6.29. The summed E-state index contributed by atoms with van der Waals surface area (Å²) in [5.41, 5.74) is 3.00. The molecular formula is C14H13ClN2O. The van der Waals surface area contributed by atoms with Crippen LogP contribution in [0.25, 0.3) is 21.8 Å². The minimum Gasteiger partial charge on any atom is -0.358 e. The van der Waals surface area contributed by atoms with E-state index in [0.29, 0.717) is 5.02 Å². The molecule has 1 aromatic carbocycles. The molecule has 2 heterocycles. The molecule has 3 rings (SSSR count). The molecule has 0 radical (unpaired) electrons. The third-order valence-corrected chi connectivity index (χ3v) is 3.70. The molecule has 4 heteroatoms. The van der Waals surface area contributed by atoms with Gasteiger partial charge in [-0.1, -0.05) is 18.5 Å². The van der Waals surface area contributed by atoms with Gasteiger partial charge in [0.15, 0.2) is 0 Å². The van der Waals surface area contributed by atoms with E-state index in [1.54, 1.807) is 11.6 Å². The van der Waals surface area contributed by atoms with E-state index in [4.69, 9.17) is 11.6 Å². The topological polar surface area (TPSA) is 37.8 Å². The number of nitrogens with one attached hydrogen (secondary N) is 1. The third kappa shape index (κ3) is 1.47. The molecule has 0 aliphatic rings. The van der Waals surface area contributed by atoms with Crippen LogP contribution >= 0.6 is 11.6 Å². The van der Waals surface area contributed by atoms with Crippen molar-refractivity contribution in [2.75, 3.05) is 0 Å². The summed E-state index contributed by atoms with van der Waals surface area (Å²) in [6.45, 7) is 2.10. The molecule has 0 amide bonds. The van der Waals surface area contributed by atoms with Crippen LogP contribution in [0.4, 0.5) is 0 Å². The standard InChI is InChI=1S/C14H13ClN2O/c1-3-8-6-9-11(16-8)4-5-12-14(9)10(15)7-13(18)17(12)2/h4-7,16H,3H2,1-2H3. The van der Waals surface area contributed by atoms with Crippen LogP contribution in [-0.4, -0.2) is 9.55 Å². The average molecular weight is 261 g/mol. The number of fused-ring (bicyclic) bond motifs is 3. The summed E-state index contributed by atoms with van der Waals surface area (Å²) in [5, 5.41) is 2.53. The van der Waals surface area contributed by atoms with E-state index in [9.17, 15) is 4.79 Å². The highest BCUT2D eigenvalue weighted by molar-refractivity contribution is 6.37. The monoisotopic (exact) mass is 260 g/mol. The summed E-state index contributed by atoms with van der Waals surface area (Å²) in [4.78, 5) is 15.1. The van der Waals surface area contributed by atoms with Crippen LogP contribution < -0.4 is 5.56 Å². The van der Waals surface area contributed by atoms with Crippen LogP contribution in [-0.2, 0) is 13.5 Å². The maximum absolute atomic E-state index is 11.7. The Kier molecular flexibility index (Phi) is 2.45. The molecule has 0 aliphatic carbocycles. The fourth-order valence-corrected chi connectivity index (χ4v) is 2.66. The van der Waals surface area contributed by atoms with Gasteiger partial charge in [0.25, 0.3) is 5.56 Å². The Morgan fingerprint density at radius 1 is 1.33 bits per heavy atom. The van der Waals surface area contributed by atoms with E-state index in [0.717, 1.165) is 28.2 Å². The van der Waals surface area contributed by atoms with E-state index >= 15 is 0 Å². The number of pyridine rings is 1. The summed E-state index contributed by atoms with van der Waals surface area (Å²) in [6, 6.07) is 7.50. The molecule has 0 spiro atoms. The number of rotatable bonds is 1. The number of aromatic nitrogens is 2. The summed E-state index contributed by atoms with van der Waals surface area (Å²) in [6.07, 6.45) is 0.944. The number of aryl methyl sites for hydroxylation is 2. The van der Waals surface area contributed by atoms with Crippen molar-refractivity contribution in [1.29, 1.82) is 0 Å². The quantitative estimate of drug-likeness (QED) is 0.717. The summed E-state index contributed by atoms with van der Waals surface area (Å²) >= 11 is 6.24. The predicted molar refractivity (Wildman–Crippen MR) is 75.4 cm³/mol. The Morgan fingerprint density at radius 3 is 2.83 bits per heavy atom. The van der Waals surface area contributed by atoms with Crippen LogP contribution in [0.3, 0.4) is 0 Å². The van der Waals surface area contributed by atoms with Gasteiger partial charge in [0.1, 0.15) is 0 Å². The largest absolute Gasteiger partial charge is 0.358 e. The zero-order chi connectivity index (χ0) is 12.9. The van der Waals surface area contributed by atoms with Crippen molar-refractivity contribution in [3.8, 4) is 0 Å². The molecule has 0 saturated carbocycles. The third-order valence-electron chi connectivity index (χ3n) is 3.40. The maximum atomic E-state index is 11.7. The zero-order valence-corrected chi connectivity index (χ0v) is 11.0. The highest BCUT2D eigenvalue weighted by atomic mass is 35.5. The summed E-state index contributed by atoms with van der Waals surface area (Å²) in [7, 11) is 1.76. The highest BCUT2D eigenvalue weighted by Gasteiger charge is 2.10. The number of hydrogen-bond donors (Lipinski definition) is 1. The number of halogens is 1. The van der Waals surface area contributed by atoms with Gasteiger partial charge in [0.2, 0.25) is 0 Å². The molecule has 2 aromatic heterocycles. The van der Waals surface area contributed by atoms with Crippen molar-refractivity contribution in [3.05, 3.63) is 45.3 Å². The Bertz CT molecular complexity index is 814. The van der Waals surface area contributed by atoms with E-state index in [2.05, 4.69) is 18.0 Å². The molecule has 18 heavy (non-hydrogen) atoms. The van der Waals surface area contributed by atoms with E-state index in [1.165, 1.54) is 11.8 Å². The normalized spacial score (nSPS) is 11.5. The minimum atomic E-state index is -0.0851. The molecule has 0 unspecified atom stereocenters. The van der Waals surface area contributed by atoms with Gasteiger partial charge in [-0.15, -0.1) is 0 Å². The Morgan fingerprint density at radius 2 is 2.11 bits per heavy atom. The van der Waals surface area contributed by atoms with Crippen molar-refractivity contribution in [2.45, 2.75) is 13.3 Å². The first-order valence-electron chi connectivity index (χ1n) is 5.91. The number of nitrogens with zero attached hydrogens (tertiary/aromatic N) is 1. The van der Waals surface area contributed by atoms with E-state index in [1.807, 2.05) is 12.1 Å². The lowest BCUT2D eigenvalue weighted by atomic mass is 10.1. The second kappa shape index (κ2) is 3.89. The lowest BCUT2D eigenvalue weighted by Crippen LogP contribution is -2.15. The second-order valence-electron chi connectivity index (χ2n) is 4.46. The highest BCUT2D eigenvalue weighted by Crippen LogP contribution is 2.30. The van der Waals surface area contributed by atoms with Crippen molar-refractivity contribution in [3.63, 3.8) is 0 Å². The number of benzene rings is 1. The van der Waals surface area contributed by atoms with Crippen LogP contribution in [0.2, 0.25) is 5.02 Å². The molecule has 0 saturated heterocycles. The molecule has 3 nitrogen and oxygen atoms in total. The van der Waals surface area contributed by atoms with Crippen LogP contribution in [0.1, 0.15) is 12.6 Å². The first kappa shape index (κ1) is 11.4. The van der Waals surface area contributed by atoms with Gasteiger partial charge in [-0.2, -0.15) is 0 Å². The van der Waals surface area contributed by atoms with Gasteiger partial charge in [-0.05, 0) is 24.6 Å². The Labute approximate surface area is 109 Å². The summed E-state index contributed by atoms with van der Waals surface area (Å²) < 4.78 is 1.62. The first-order chi connectivity index (χ1) is 8.61. The van der Waals surface area contributed by atoms with E-state index < -0.39 is 0 Å². The number of aromatic amines is 1. The molecule has 0 atom stereocenters. The van der Waals surface area contributed by atoms with Crippen LogP contribution in [0.15, 0.2) is 29.1 Å². The van der Waals surface area contributed by atoms with Crippen LogP contribution in [0, 0.1) is 0 Å². The van der Waals surface area contributed by atoms with Crippen molar-refractivity contribution >= 4 is 33.4 Å². The predicted octanol–water partition coefficient (Wildman–Crippen LogP) is 3.24. The number of H-pyrrole nitrogens is 1. The van der Waals surface area contributed by atoms with Crippen molar-refractivity contribution < 1.29 is 0 Å². The fraction of sp³-hybridized carbons (Fsp3) is 0.214. The lowest BCUT2D eigenvalue weighted by molar-refractivity contribution is 0.907. The van der Waals surface area contributed by atoms with Gasteiger partial charge >= 0.3 is 0 Å². The zero-order valence-electron chi connectivity index (χ0n) is 10.2. The Hall–Kier alpha value is -1.74. The van der Waals surface area contributed by atoms with Gasteiger partial charge in [0.05, 0.1) is 10.5 Å². The van der Waals surface area contributed by atoms with Crippen molar-refractivity contribution in [2.24, 2.45) is 7.05 Å². The van der Waals surface area contributed by atoms with Gasteiger partial charge in [-0.3, -0.25) is 4.79 Å². The fourth-order valence-electron chi connectivity index (χ4n) is 2.37. The molecule has 1 N–H and O–H groups in total. The van der Waals surface area contributed by atoms with Gasteiger partial charge < -0.3 is 9.55 Å². The SMILES string of the molecule is CCc1cc2c(ccc3c2c(Cl)cc(=O)n3C)[nH]1. The molecule has 0 aliphatic heterocycles. The molecule has 0 bridgehead atoms. The van der Waals surface area contributed by atoms with Gasteiger partial charge in [-0.25, -0.2) is 0 Å². The second-order valence-corrected chi connectivity index (χ2v) is 4.87. The smallest absolute Gasteiger partial charge is 0.252 e. The average Bonchev–Trinajstić information content (AvgIpc) is 2.77. The van der Waals surface area contributed by atoms with Gasteiger partial charge in [0, 0.05) is 35.1 Å². The number of hydrogen-bond acceptors (Lipinski definition) is 1. The molecule has 92 valence electrons. The minimum absolute atomic E-state index is 0.0851. The van der Waals surface area contributed by atoms with Crippen molar-refractivity contribution in [1.82, 2.24) is 9.55 Å². The Balaban J connectivity index is 2.57. The van der Waals surface area contributed by atoms with E-state index in [-0.39, 0.29) is 5.56 Å².